The predicted octanol–water partition coefficient (Wildman–Crippen LogP) is 6.84. The van der Waals surface area contributed by atoms with Crippen LogP contribution in [0.2, 0.25) is 5.02 Å². The van der Waals surface area contributed by atoms with E-state index < -0.39 is 18.5 Å². The normalized spacial score (nSPS) is 12.9. The third-order valence-corrected chi connectivity index (χ3v) is 5.08. The van der Waals surface area contributed by atoms with Gasteiger partial charge in [0.1, 0.15) is 0 Å². The van der Waals surface area contributed by atoms with Gasteiger partial charge in [-0.2, -0.15) is 0 Å². The van der Waals surface area contributed by atoms with Crippen LogP contribution in [-0.4, -0.2) is 31.8 Å². The smallest absolute Gasteiger partial charge is 0.349 e. The Morgan fingerprint density at radius 2 is 1.56 bits per heavy atom. The van der Waals surface area contributed by atoms with Crippen molar-refractivity contribution in [1.82, 2.24) is 0 Å². The van der Waals surface area contributed by atoms with E-state index in [1.54, 1.807) is 19.1 Å². The minimum Gasteiger partial charge on any atom is -0.489 e. The molecule has 188 valence electrons. The third-order valence-electron chi connectivity index (χ3n) is 4.85. The maximum absolute atomic E-state index is 12.7. The second-order valence-corrected chi connectivity index (χ2v) is 11.4. The summed E-state index contributed by atoms with van der Waals surface area (Å²) in [6.07, 6.45) is 0.620. The van der Waals surface area contributed by atoms with E-state index in [0.717, 1.165) is 5.39 Å². The average molecular weight is 493 g/mol. The summed E-state index contributed by atoms with van der Waals surface area (Å²) in [6, 6.07) is 7.15. The summed E-state index contributed by atoms with van der Waals surface area (Å²) < 4.78 is 23.2. The van der Waals surface area contributed by atoms with E-state index in [4.69, 9.17) is 30.5 Å². The maximum atomic E-state index is 12.7. The molecule has 0 saturated heterocycles. The van der Waals surface area contributed by atoms with Crippen molar-refractivity contribution in [2.45, 2.75) is 61.8 Å². The summed E-state index contributed by atoms with van der Waals surface area (Å²) >= 11 is 6.26. The summed E-state index contributed by atoms with van der Waals surface area (Å²) in [7, 11) is 0. The lowest BCUT2D eigenvalue weighted by molar-refractivity contribution is -0.156. The van der Waals surface area contributed by atoms with Gasteiger partial charge in [0.05, 0.1) is 19.1 Å². The average Bonchev–Trinajstić information content (AvgIpc) is 2.73. The Hall–Kier alpha value is -2.47. The number of rotatable bonds is 9. The fourth-order valence-electron chi connectivity index (χ4n) is 2.80. The van der Waals surface area contributed by atoms with E-state index in [9.17, 15) is 9.59 Å². The highest BCUT2D eigenvalue weighted by atomic mass is 35.5. The number of hydrogen-bond donors (Lipinski definition) is 0. The molecule has 0 aliphatic carbocycles. The van der Waals surface area contributed by atoms with Crippen molar-refractivity contribution in [2.24, 2.45) is 16.7 Å². The molecule has 34 heavy (non-hydrogen) atoms. The van der Waals surface area contributed by atoms with Crippen LogP contribution in [0.4, 0.5) is 0 Å². The van der Waals surface area contributed by atoms with Crippen LogP contribution in [-0.2, 0) is 14.3 Å². The zero-order valence-corrected chi connectivity index (χ0v) is 22.3. The van der Waals surface area contributed by atoms with Gasteiger partial charge >= 0.3 is 11.9 Å². The first-order valence-electron chi connectivity index (χ1n) is 11.6. The number of carbonyl (C=O) groups excluding carboxylic acids is 2. The zero-order chi connectivity index (χ0) is 25.7. The summed E-state index contributed by atoms with van der Waals surface area (Å²) in [5, 5.41) is 1.86. The highest BCUT2D eigenvalue weighted by Crippen LogP contribution is 2.45. The van der Waals surface area contributed by atoms with E-state index in [-0.39, 0.29) is 22.5 Å². The standard InChI is InChI=1S/C27H37ClO6/c1-9-17(2)25(30)31-14-22(29)34-23-20-13-19(28)11-10-18(20)12-21(32-15-26(3,4)5)24(23)33-16-27(6,7)8/h10-13,17H,9,14-16H2,1-8H3. The van der Waals surface area contributed by atoms with Crippen molar-refractivity contribution < 1.29 is 28.5 Å². The highest BCUT2D eigenvalue weighted by molar-refractivity contribution is 6.31. The fraction of sp³-hybridized carbons (Fsp3) is 0.556. The van der Waals surface area contributed by atoms with Gasteiger partial charge in [0, 0.05) is 10.4 Å². The van der Waals surface area contributed by atoms with Crippen molar-refractivity contribution >= 4 is 34.3 Å². The maximum Gasteiger partial charge on any atom is 0.349 e. The molecule has 0 spiro atoms. The van der Waals surface area contributed by atoms with Crippen molar-refractivity contribution in [3.63, 3.8) is 0 Å². The lowest BCUT2D eigenvalue weighted by atomic mass is 9.98. The largest absolute Gasteiger partial charge is 0.489 e. The minimum atomic E-state index is -0.716. The Balaban J connectivity index is 2.50. The first kappa shape index (κ1) is 27.8. The summed E-state index contributed by atoms with van der Waals surface area (Å²) in [5.74, 6) is -0.487. The van der Waals surface area contributed by atoms with Crippen LogP contribution in [0.5, 0.6) is 17.2 Å². The third kappa shape index (κ3) is 8.39. The van der Waals surface area contributed by atoms with Crippen molar-refractivity contribution in [3.05, 3.63) is 29.3 Å². The first-order valence-corrected chi connectivity index (χ1v) is 12.0. The molecule has 2 aromatic carbocycles. The molecule has 0 bridgehead atoms. The molecule has 0 radical (unpaired) electrons. The molecule has 1 unspecified atom stereocenters. The van der Waals surface area contributed by atoms with Gasteiger partial charge in [-0.25, -0.2) is 4.79 Å². The topological polar surface area (TPSA) is 71.1 Å². The van der Waals surface area contributed by atoms with Crippen molar-refractivity contribution in [3.8, 4) is 17.2 Å². The van der Waals surface area contributed by atoms with Gasteiger partial charge in [-0.3, -0.25) is 4.79 Å². The molecule has 0 N–H and O–H groups in total. The van der Waals surface area contributed by atoms with Gasteiger partial charge in [0.25, 0.3) is 0 Å². The van der Waals surface area contributed by atoms with E-state index in [1.165, 1.54) is 0 Å². The molecule has 0 aliphatic heterocycles. The number of carbonyl (C=O) groups is 2. The number of hydrogen-bond acceptors (Lipinski definition) is 6. The quantitative estimate of drug-likeness (QED) is 0.282. The second kappa shape index (κ2) is 11.3. The monoisotopic (exact) mass is 492 g/mol. The number of fused-ring (bicyclic) bond motifs is 1. The van der Waals surface area contributed by atoms with Gasteiger partial charge in [-0.05, 0) is 40.8 Å². The summed E-state index contributed by atoms with van der Waals surface area (Å²) in [6.45, 7) is 16.2. The van der Waals surface area contributed by atoms with Crippen LogP contribution in [0.15, 0.2) is 24.3 Å². The van der Waals surface area contributed by atoms with E-state index in [2.05, 4.69) is 20.8 Å². The Bertz CT molecular complexity index is 1020. The summed E-state index contributed by atoms with van der Waals surface area (Å²) in [5.41, 5.74) is -0.255. The molecular formula is C27H37ClO6. The number of esters is 2. The van der Waals surface area contributed by atoms with Gasteiger partial charge in [-0.1, -0.05) is 73.1 Å². The zero-order valence-electron chi connectivity index (χ0n) is 21.5. The van der Waals surface area contributed by atoms with E-state index in [1.807, 2.05) is 39.8 Å². The molecular weight excluding hydrogens is 456 g/mol. The SMILES string of the molecule is CCC(C)C(=O)OCC(=O)Oc1c(OCC(C)(C)C)c(OCC(C)(C)C)cc2ccc(Cl)cc12. The number of halogens is 1. The van der Waals surface area contributed by atoms with Crippen LogP contribution < -0.4 is 14.2 Å². The molecule has 7 heteroatoms. The lowest BCUT2D eigenvalue weighted by Crippen LogP contribution is -2.23. The number of ether oxygens (including phenoxy) is 4. The Kier molecular flexibility index (Phi) is 9.23. The molecule has 2 aromatic rings. The Morgan fingerprint density at radius 1 is 0.941 bits per heavy atom. The van der Waals surface area contributed by atoms with Gasteiger partial charge < -0.3 is 18.9 Å². The molecule has 6 nitrogen and oxygen atoms in total. The molecule has 0 heterocycles. The van der Waals surface area contributed by atoms with Crippen LogP contribution >= 0.6 is 11.6 Å². The molecule has 0 aliphatic rings. The molecule has 0 fully saturated rings. The summed E-state index contributed by atoms with van der Waals surface area (Å²) in [4.78, 5) is 24.7. The Morgan fingerprint density at radius 3 is 2.15 bits per heavy atom. The Labute approximate surface area is 207 Å². The highest BCUT2D eigenvalue weighted by Gasteiger charge is 2.25. The van der Waals surface area contributed by atoms with Crippen molar-refractivity contribution in [1.29, 1.82) is 0 Å². The molecule has 0 saturated carbocycles. The minimum absolute atomic E-state index is 0.0999. The lowest BCUT2D eigenvalue weighted by Gasteiger charge is -2.25. The van der Waals surface area contributed by atoms with Crippen LogP contribution in [0.25, 0.3) is 10.8 Å². The fourth-order valence-corrected chi connectivity index (χ4v) is 2.97. The van der Waals surface area contributed by atoms with Gasteiger partial charge in [0.15, 0.2) is 18.1 Å². The van der Waals surface area contributed by atoms with Crippen LogP contribution in [0.1, 0.15) is 61.8 Å². The predicted molar refractivity (Wildman–Crippen MR) is 135 cm³/mol. The number of benzene rings is 2. The van der Waals surface area contributed by atoms with Crippen LogP contribution in [0, 0.1) is 16.7 Å². The molecule has 2 rings (SSSR count). The van der Waals surface area contributed by atoms with E-state index in [0.29, 0.717) is 41.5 Å². The first-order chi connectivity index (χ1) is 15.7. The molecule has 0 aromatic heterocycles. The second-order valence-electron chi connectivity index (χ2n) is 11.0. The molecule has 1 atom stereocenters. The van der Waals surface area contributed by atoms with Crippen LogP contribution in [0.3, 0.4) is 0 Å². The van der Waals surface area contributed by atoms with E-state index >= 15 is 0 Å². The van der Waals surface area contributed by atoms with Crippen molar-refractivity contribution in [2.75, 3.05) is 19.8 Å². The molecule has 0 amide bonds. The van der Waals surface area contributed by atoms with Gasteiger partial charge in [0.2, 0.25) is 5.75 Å². The van der Waals surface area contributed by atoms with Gasteiger partial charge in [-0.15, -0.1) is 0 Å².